The predicted molar refractivity (Wildman–Crippen MR) is 73.8 cm³/mol. The van der Waals surface area contributed by atoms with Crippen molar-refractivity contribution in [1.82, 2.24) is 4.98 Å². The van der Waals surface area contributed by atoms with Gasteiger partial charge in [-0.1, -0.05) is 11.6 Å². The van der Waals surface area contributed by atoms with E-state index in [0.717, 1.165) is 4.88 Å². The maximum atomic E-state index is 11.8. The highest BCUT2D eigenvalue weighted by Gasteiger charge is 2.24. The van der Waals surface area contributed by atoms with Crippen LogP contribution in [0.4, 0.5) is 0 Å². The van der Waals surface area contributed by atoms with Gasteiger partial charge in [0.15, 0.2) is 0 Å². The smallest absolute Gasteiger partial charge is 0.317 e. The van der Waals surface area contributed by atoms with E-state index < -0.39 is 5.92 Å². The number of hydrogen-bond donors (Lipinski definition) is 0. The average Bonchev–Trinajstić information content (AvgIpc) is 2.86. The van der Waals surface area contributed by atoms with Crippen LogP contribution >= 0.6 is 22.9 Å². The number of halogens is 1. The summed E-state index contributed by atoms with van der Waals surface area (Å²) in [5.41, 5.74) is 0. The molecule has 0 N–H and O–H groups in total. The molecule has 0 saturated carbocycles. The first-order valence-corrected chi connectivity index (χ1v) is 6.76. The number of ether oxygens (including phenoxy) is 2. The van der Waals surface area contributed by atoms with Gasteiger partial charge < -0.3 is 9.47 Å². The summed E-state index contributed by atoms with van der Waals surface area (Å²) in [4.78, 5) is 16.6. The van der Waals surface area contributed by atoms with Crippen molar-refractivity contribution in [2.24, 2.45) is 0 Å². The summed E-state index contributed by atoms with van der Waals surface area (Å²) in [7, 11) is 1.36. The SMILES string of the molecule is COC(=O)C(COc1cccnc1)c1ccc(Cl)s1. The fourth-order valence-electron chi connectivity index (χ4n) is 1.54. The minimum Gasteiger partial charge on any atom is -0.491 e. The summed E-state index contributed by atoms with van der Waals surface area (Å²) in [6.45, 7) is 0.190. The number of esters is 1. The Kier molecular flexibility index (Phi) is 4.76. The van der Waals surface area contributed by atoms with Crippen LogP contribution in [0.1, 0.15) is 10.8 Å². The van der Waals surface area contributed by atoms with Crippen molar-refractivity contribution in [3.63, 3.8) is 0 Å². The minimum absolute atomic E-state index is 0.190. The Hall–Kier alpha value is -1.59. The zero-order chi connectivity index (χ0) is 13.7. The molecule has 6 heteroatoms. The molecule has 0 spiro atoms. The largest absolute Gasteiger partial charge is 0.491 e. The lowest BCUT2D eigenvalue weighted by atomic mass is 10.1. The van der Waals surface area contributed by atoms with Crippen molar-refractivity contribution in [1.29, 1.82) is 0 Å². The third kappa shape index (κ3) is 3.68. The fraction of sp³-hybridized carbons (Fsp3) is 0.231. The molecule has 0 radical (unpaired) electrons. The van der Waals surface area contributed by atoms with Gasteiger partial charge in [-0.25, -0.2) is 0 Å². The number of methoxy groups -OCH3 is 1. The monoisotopic (exact) mass is 297 g/mol. The Labute approximate surface area is 120 Å². The zero-order valence-electron chi connectivity index (χ0n) is 10.2. The van der Waals surface area contributed by atoms with Gasteiger partial charge in [0.1, 0.15) is 18.3 Å². The van der Waals surface area contributed by atoms with E-state index in [1.165, 1.54) is 18.4 Å². The second kappa shape index (κ2) is 6.54. The van der Waals surface area contributed by atoms with E-state index in [-0.39, 0.29) is 12.6 Å². The molecule has 19 heavy (non-hydrogen) atoms. The summed E-state index contributed by atoms with van der Waals surface area (Å²) in [5.74, 6) is -0.218. The number of aromatic nitrogens is 1. The van der Waals surface area contributed by atoms with Crippen molar-refractivity contribution in [3.8, 4) is 5.75 Å². The van der Waals surface area contributed by atoms with E-state index >= 15 is 0 Å². The molecule has 0 aromatic carbocycles. The summed E-state index contributed by atoms with van der Waals surface area (Å²) in [6.07, 6.45) is 3.25. The lowest BCUT2D eigenvalue weighted by Crippen LogP contribution is -2.20. The first-order valence-electron chi connectivity index (χ1n) is 5.56. The highest BCUT2D eigenvalue weighted by molar-refractivity contribution is 7.16. The van der Waals surface area contributed by atoms with E-state index in [1.54, 1.807) is 36.7 Å². The van der Waals surface area contributed by atoms with Crippen LogP contribution in [0.2, 0.25) is 4.34 Å². The van der Waals surface area contributed by atoms with Gasteiger partial charge in [0.25, 0.3) is 0 Å². The molecule has 0 fully saturated rings. The molecule has 0 amide bonds. The van der Waals surface area contributed by atoms with Crippen LogP contribution < -0.4 is 4.74 Å². The third-order valence-corrected chi connectivity index (χ3v) is 3.82. The summed E-state index contributed by atoms with van der Waals surface area (Å²) < 4.78 is 11.0. The first kappa shape index (κ1) is 13.8. The molecule has 2 aromatic rings. The first-order chi connectivity index (χ1) is 9.20. The summed E-state index contributed by atoms with van der Waals surface area (Å²) >= 11 is 7.23. The molecular formula is C13H12ClNO3S. The number of carbonyl (C=O) groups is 1. The van der Waals surface area contributed by atoms with Gasteiger partial charge in [-0.3, -0.25) is 9.78 Å². The molecule has 0 saturated heterocycles. The van der Waals surface area contributed by atoms with Gasteiger partial charge in [-0.2, -0.15) is 0 Å². The van der Waals surface area contributed by atoms with E-state index in [9.17, 15) is 4.79 Å². The Morgan fingerprint density at radius 1 is 1.47 bits per heavy atom. The van der Waals surface area contributed by atoms with Gasteiger partial charge >= 0.3 is 5.97 Å². The lowest BCUT2D eigenvalue weighted by molar-refractivity contribution is -0.143. The molecule has 100 valence electrons. The zero-order valence-corrected chi connectivity index (χ0v) is 11.8. The van der Waals surface area contributed by atoms with Gasteiger partial charge in [0.05, 0.1) is 17.6 Å². The van der Waals surface area contributed by atoms with Crippen LogP contribution in [0.25, 0.3) is 0 Å². The predicted octanol–water partition coefficient (Wildman–Crippen LogP) is 3.13. The van der Waals surface area contributed by atoms with Crippen molar-refractivity contribution in [2.45, 2.75) is 5.92 Å². The van der Waals surface area contributed by atoms with E-state index in [1.807, 2.05) is 0 Å². The number of hydrogen-bond acceptors (Lipinski definition) is 5. The van der Waals surface area contributed by atoms with Crippen LogP contribution in [0, 0.1) is 0 Å². The number of nitrogens with zero attached hydrogens (tertiary/aromatic N) is 1. The molecular weight excluding hydrogens is 286 g/mol. The minimum atomic E-state index is -0.484. The molecule has 0 aliphatic rings. The maximum absolute atomic E-state index is 11.8. The molecule has 4 nitrogen and oxygen atoms in total. The highest BCUT2D eigenvalue weighted by Crippen LogP contribution is 2.29. The van der Waals surface area contributed by atoms with Crippen molar-refractivity contribution < 1.29 is 14.3 Å². The normalized spacial score (nSPS) is 11.9. The van der Waals surface area contributed by atoms with Crippen molar-refractivity contribution in [3.05, 3.63) is 45.9 Å². The summed E-state index contributed by atoms with van der Waals surface area (Å²) in [6, 6.07) is 7.11. The van der Waals surface area contributed by atoms with Crippen LogP contribution in [-0.4, -0.2) is 24.7 Å². The Bertz CT molecular complexity index is 544. The van der Waals surface area contributed by atoms with Crippen LogP contribution in [-0.2, 0) is 9.53 Å². The number of pyridine rings is 1. The molecule has 1 unspecified atom stereocenters. The molecule has 2 heterocycles. The quantitative estimate of drug-likeness (QED) is 0.796. The maximum Gasteiger partial charge on any atom is 0.317 e. The second-order valence-electron chi connectivity index (χ2n) is 3.72. The van der Waals surface area contributed by atoms with E-state index in [4.69, 9.17) is 21.1 Å². The van der Waals surface area contributed by atoms with Gasteiger partial charge in [0, 0.05) is 11.1 Å². The molecule has 2 aromatic heterocycles. The second-order valence-corrected chi connectivity index (χ2v) is 5.46. The van der Waals surface area contributed by atoms with E-state index in [0.29, 0.717) is 10.1 Å². The number of carbonyl (C=O) groups excluding carboxylic acids is 1. The molecule has 0 aliphatic carbocycles. The molecule has 0 bridgehead atoms. The third-order valence-electron chi connectivity index (χ3n) is 2.47. The van der Waals surface area contributed by atoms with Gasteiger partial charge in [-0.05, 0) is 24.3 Å². The van der Waals surface area contributed by atoms with Gasteiger partial charge in [-0.15, -0.1) is 11.3 Å². The van der Waals surface area contributed by atoms with Crippen LogP contribution in [0.15, 0.2) is 36.7 Å². The van der Waals surface area contributed by atoms with E-state index in [2.05, 4.69) is 4.98 Å². The van der Waals surface area contributed by atoms with Crippen molar-refractivity contribution >= 4 is 28.9 Å². The highest BCUT2D eigenvalue weighted by atomic mass is 35.5. The molecule has 0 aliphatic heterocycles. The fourth-order valence-corrected chi connectivity index (χ4v) is 2.67. The Balaban J connectivity index is 2.09. The van der Waals surface area contributed by atoms with Crippen molar-refractivity contribution in [2.75, 3.05) is 13.7 Å². The van der Waals surface area contributed by atoms with Crippen LogP contribution in [0.5, 0.6) is 5.75 Å². The Morgan fingerprint density at radius 2 is 2.32 bits per heavy atom. The lowest BCUT2D eigenvalue weighted by Gasteiger charge is -2.14. The number of thiophene rings is 1. The summed E-state index contributed by atoms with van der Waals surface area (Å²) in [5, 5.41) is 0. The molecule has 2 rings (SSSR count). The average molecular weight is 298 g/mol. The standard InChI is InChI=1S/C13H12ClNO3S/c1-17-13(16)10(11-4-5-12(14)19-11)8-18-9-3-2-6-15-7-9/h2-7,10H,8H2,1H3. The molecule has 1 atom stereocenters. The topological polar surface area (TPSA) is 48.4 Å². The number of rotatable bonds is 5. The Morgan fingerprint density at radius 3 is 2.89 bits per heavy atom. The van der Waals surface area contributed by atoms with Gasteiger partial charge in [0.2, 0.25) is 0 Å². The van der Waals surface area contributed by atoms with Crippen LogP contribution in [0.3, 0.4) is 0 Å².